The van der Waals surface area contributed by atoms with Crippen molar-refractivity contribution in [3.63, 3.8) is 0 Å². The lowest BCUT2D eigenvalue weighted by atomic mass is 9.98. The highest BCUT2D eigenvalue weighted by atomic mass is 16.5. The van der Waals surface area contributed by atoms with E-state index in [1.165, 1.54) is 0 Å². The summed E-state index contributed by atoms with van der Waals surface area (Å²) in [4.78, 5) is 26.8. The number of ether oxygens (including phenoxy) is 2. The maximum absolute atomic E-state index is 13.5. The standard InChI is InChI=1S/C31H45N3O4/c1-22(2)19-27(32-25-15-17-37-18-16-25)29(35)33-28(30(36)34-31(3,4)5)20-23-11-13-26(14-12-23)38-21-24-9-7-6-8-10-24/h6-14,22,25,27-28,32H,15-21H2,1-5H3,(H,33,35)(H,34,36)/t27-,28+/m0/s1. The second kappa shape index (κ2) is 14.3. The third-order valence-electron chi connectivity index (χ3n) is 6.42. The van der Waals surface area contributed by atoms with Crippen LogP contribution < -0.4 is 20.7 Å². The van der Waals surface area contributed by atoms with Crippen molar-refractivity contribution in [2.45, 2.75) is 90.6 Å². The smallest absolute Gasteiger partial charge is 0.243 e. The molecule has 0 saturated carbocycles. The van der Waals surface area contributed by atoms with Gasteiger partial charge in [0.2, 0.25) is 11.8 Å². The number of carbonyl (C=O) groups is 2. The maximum atomic E-state index is 13.5. The minimum absolute atomic E-state index is 0.137. The molecule has 0 bridgehead atoms. The van der Waals surface area contributed by atoms with Gasteiger partial charge >= 0.3 is 0 Å². The molecule has 3 rings (SSSR count). The number of rotatable bonds is 12. The second-order valence-electron chi connectivity index (χ2n) is 11.7. The summed E-state index contributed by atoms with van der Waals surface area (Å²) < 4.78 is 11.4. The van der Waals surface area contributed by atoms with Gasteiger partial charge in [-0.3, -0.25) is 9.59 Å². The summed E-state index contributed by atoms with van der Waals surface area (Å²) in [5.74, 6) is 0.769. The van der Waals surface area contributed by atoms with Crippen molar-refractivity contribution in [3.05, 3.63) is 65.7 Å². The molecule has 1 heterocycles. The fourth-order valence-electron chi connectivity index (χ4n) is 4.51. The van der Waals surface area contributed by atoms with E-state index in [1.807, 2.05) is 75.4 Å². The van der Waals surface area contributed by atoms with Gasteiger partial charge in [0.05, 0.1) is 6.04 Å². The first-order chi connectivity index (χ1) is 18.1. The number of hydrogen-bond acceptors (Lipinski definition) is 5. The molecule has 0 unspecified atom stereocenters. The summed E-state index contributed by atoms with van der Waals surface area (Å²) >= 11 is 0. The lowest BCUT2D eigenvalue weighted by molar-refractivity contribution is -0.131. The second-order valence-corrected chi connectivity index (χ2v) is 11.7. The molecule has 38 heavy (non-hydrogen) atoms. The third kappa shape index (κ3) is 10.5. The van der Waals surface area contributed by atoms with Crippen molar-refractivity contribution in [1.29, 1.82) is 0 Å². The molecule has 7 nitrogen and oxygen atoms in total. The van der Waals surface area contributed by atoms with Crippen molar-refractivity contribution in [3.8, 4) is 5.75 Å². The van der Waals surface area contributed by atoms with Crippen molar-refractivity contribution in [2.75, 3.05) is 13.2 Å². The topological polar surface area (TPSA) is 88.7 Å². The monoisotopic (exact) mass is 523 g/mol. The first-order valence-corrected chi connectivity index (χ1v) is 13.8. The summed E-state index contributed by atoms with van der Waals surface area (Å²) in [5, 5.41) is 9.65. The highest BCUT2D eigenvalue weighted by Gasteiger charge is 2.30. The SMILES string of the molecule is CC(C)C[C@H](NC1CCOCC1)C(=O)N[C@H](Cc1ccc(OCc2ccccc2)cc1)C(=O)NC(C)(C)C. The first kappa shape index (κ1) is 29.7. The van der Waals surface area contributed by atoms with E-state index in [9.17, 15) is 9.59 Å². The molecule has 208 valence electrons. The summed E-state index contributed by atoms with van der Waals surface area (Å²) in [5.41, 5.74) is 1.64. The van der Waals surface area contributed by atoms with E-state index in [0.717, 1.165) is 29.7 Å². The Labute approximate surface area is 228 Å². The van der Waals surface area contributed by atoms with E-state index in [4.69, 9.17) is 9.47 Å². The van der Waals surface area contributed by atoms with Gasteiger partial charge in [0.1, 0.15) is 18.4 Å². The van der Waals surface area contributed by atoms with Gasteiger partial charge in [-0.05, 0) is 69.2 Å². The summed E-state index contributed by atoms with van der Waals surface area (Å²) in [7, 11) is 0. The largest absolute Gasteiger partial charge is 0.489 e. The molecule has 0 aliphatic carbocycles. The first-order valence-electron chi connectivity index (χ1n) is 13.8. The van der Waals surface area contributed by atoms with Crippen LogP contribution in [0, 0.1) is 5.92 Å². The number of hydrogen-bond donors (Lipinski definition) is 3. The normalized spacial score (nSPS) is 16.1. The van der Waals surface area contributed by atoms with E-state index < -0.39 is 11.6 Å². The molecule has 0 aromatic heterocycles. The molecule has 2 amide bonds. The Hall–Kier alpha value is -2.90. The Kier molecular flexibility index (Phi) is 11.2. The summed E-state index contributed by atoms with van der Waals surface area (Å²) in [6.45, 7) is 11.9. The quantitative estimate of drug-likeness (QED) is 0.384. The average molecular weight is 524 g/mol. The number of nitrogens with one attached hydrogen (secondary N) is 3. The average Bonchev–Trinajstić information content (AvgIpc) is 2.87. The van der Waals surface area contributed by atoms with Crippen LogP contribution >= 0.6 is 0 Å². The van der Waals surface area contributed by atoms with Crippen LogP contribution in [0.3, 0.4) is 0 Å². The van der Waals surface area contributed by atoms with Crippen molar-refractivity contribution in [1.82, 2.24) is 16.0 Å². The van der Waals surface area contributed by atoms with Gasteiger partial charge in [-0.25, -0.2) is 0 Å². The molecule has 3 N–H and O–H groups in total. The van der Waals surface area contributed by atoms with Crippen LogP contribution in [0.5, 0.6) is 5.75 Å². The van der Waals surface area contributed by atoms with Crippen LogP contribution in [-0.4, -0.2) is 48.7 Å². The summed E-state index contributed by atoms with van der Waals surface area (Å²) in [6.07, 6.45) is 2.85. The van der Waals surface area contributed by atoms with Crippen molar-refractivity contribution < 1.29 is 19.1 Å². The van der Waals surface area contributed by atoms with Gasteiger partial charge < -0.3 is 25.4 Å². The zero-order valence-electron chi connectivity index (χ0n) is 23.6. The molecule has 7 heteroatoms. The Morgan fingerprint density at radius 1 is 0.921 bits per heavy atom. The molecule has 1 aliphatic heterocycles. The highest BCUT2D eigenvalue weighted by Crippen LogP contribution is 2.17. The van der Waals surface area contributed by atoms with Crippen LogP contribution in [0.15, 0.2) is 54.6 Å². The maximum Gasteiger partial charge on any atom is 0.243 e. The molecular formula is C31H45N3O4. The highest BCUT2D eigenvalue weighted by molar-refractivity contribution is 5.90. The van der Waals surface area contributed by atoms with Crippen molar-refractivity contribution in [2.24, 2.45) is 5.92 Å². The van der Waals surface area contributed by atoms with Gasteiger partial charge in [0.25, 0.3) is 0 Å². The van der Waals surface area contributed by atoms with Crippen LogP contribution in [-0.2, 0) is 27.4 Å². The summed E-state index contributed by atoms with van der Waals surface area (Å²) in [6, 6.07) is 16.9. The molecule has 2 atom stereocenters. The lowest BCUT2D eigenvalue weighted by Crippen LogP contribution is -2.57. The molecule has 1 fully saturated rings. The zero-order valence-corrected chi connectivity index (χ0v) is 23.6. The van der Waals surface area contributed by atoms with Crippen LogP contribution in [0.2, 0.25) is 0 Å². The van der Waals surface area contributed by atoms with E-state index in [1.54, 1.807) is 0 Å². The van der Waals surface area contributed by atoms with Crippen LogP contribution in [0.4, 0.5) is 0 Å². The van der Waals surface area contributed by atoms with Gasteiger partial charge in [-0.1, -0.05) is 56.3 Å². The molecular weight excluding hydrogens is 478 g/mol. The van der Waals surface area contributed by atoms with Gasteiger partial charge in [0, 0.05) is 31.2 Å². The van der Waals surface area contributed by atoms with E-state index in [-0.39, 0.29) is 23.9 Å². The number of benzene rings is 2. The predicted octanol–water partition coefficient (Wildman–Crippen LogP) is 4.39. The Balaban J connectivity index is 1.68. The third-order valence-corrected chi connectivity index (χ3v) is 6.42. The minimum Gasteiger partial charge on any atom is -0.489 e. The fourth-order valence-corrected chi connectivity index (χ4v) is 4.51. The van der Waals surface area contributed by atoms with Gasteiger partial charge in [0.15, 0.2) is 0 Å². The van der Waals surface area contributed by atoms with Crippen molar-refractivity contribution >= 4 is 11.8 Å². The van der Waals surface area contributed by atoms with Crippen LogP contribution in [0.25, 0.3) is 0 Å². The predicted molar refractivity (Wildman–Crippen MR) is 151 cm³/mol. The molecule has 2 aromatic rings. The number of amides is 2. The molecule has 2 aromatic carbocycles. The van der Waals surface area contributed by atoms with Crippen LogP contribution in [0.1, 0.15) is 65.0 Å². The molecule has 0 spiro atoms. The fraction of sp³-hybridized carbons (Fsp3) is 0.548. The van der Waals surface area contributed by atoms with Gasteiger partial charge in [-0.15, -0.1) is 0 Å². The Morgan fingerprint density at radius 3 is 2.18 bits per heavy atom. The lowest BCUT2D eigenvalue weighted by Gasteiger charge is -2.31. The zero-order chi connectivity index (χ0) is 27.5. The van der Waals surface area contributed by atoms with E-state index in [2.05, 4.69) is 29.8 Å². The Bertz CT molecular complexity index is 996. The number of carbonyl (C=O) groups excluding carboxylic acids is 2. The van der Waals surface area contributed by atoms with Gasteiger partial charge in [-0.2, -0.15) is 0 Å². The minimum atomic E-state index is -0.691. The molecule has 1 saturated heterocycles. The Morgan fingerprint density at radius 2 is 1.58 bits per heavy atom. The van der Waals surface area contributed by atoms with E-state index in [0.29, 0.717) is 38.6 Å². The van der Waals surface area contributed by atoms with E-state index >= 15 is 0 Å². The molecule has 1 aliphatic rings. The molecule has 0 radical (unpaired) electrons.